The van der Waals surface area contributed by atoms with Gasteiger partial charge in [0.15, 0.2) is 0 Å². The fraction of sp³-hybridized carbons (Fsp3) is 0.500. The molecule has 112 valence electrons. The number of likely N-dealkylation sites (N-methyl/N-ethyl adjacent to an activating group) is 2. The molecule has 1 N–H and O–H groups in total. The van der Waals surface area contributed by atoms with E-state index in [2.05, 4.69) is 4.98 Å². The van der Waals surface area contributed by atoms with Crippen LogP contribution in [0.1, 0.15) is 16.1 Å². The van der Waals surface area contributed by atoms with Crippen molar-refractivity contribution in [2.75, 3.05) is 39.1 Å². The number of carbonyl (C=O) groups is 1. The summed E-state index contributed by atoms with van der Waals surface area (Å²) in [6.07, 6.45) is -4.60. The van der Waals surface area contributed by atoms with Crippen LogP contribution in [-0.2, 0) is 6.18 Å². The quantitative estimate of drug-likeness (QED) is 0.896. The van der Waals surface area contributed by atoms with Gasteiger partial charge < -0.3 is 14.9 Å². The lowest BCUT2D eigenvalue weighted by atomic mass is 10.2. The van der Waals surface area contributed by atoms with Crippen LogP contribution in [0.25, 0.3) is 0 Å². The van der Waals surface area contributed by atoms with Gasteiger partial charge in [0.1, 0.15) is 17.1 Å². The Morgan fingerprint density at radius 3 is 2.30 bits per heavy atom. The van der Waals surface area contributed by atoms with Gasteiger partial charge in [-0.1, -0.05) is 0 Å². The average molecular weight is 291 g/mol. The Kier molecular flexibility index (Phi) is 4.93. The van der Waals surface area contributed by atoms with Crippen molar-refractivity contribution in [3.8, 4) is 0 Å². The van der Waals surface area contributed by atoms with Crippen molar-refractivity contribution in [2.45, 2.75) is 6.18 Å². The second-order valence-electron chi connectivity index (χ2n) is 4.60. The number of pyridine rings is 1. The summed E-state index contributed by atoms with van der Waals surface area (Å²) < 4.78 is 37.9. The summed E-state index contributed by atoms with van der Waals surface area (Å²) in [5.41, 5.74) is -1.35. The fourth-order valence-electron chi connectivity index (χ4n) is 1.52. The molecule has 0 bridgehead atoms. The van der Waals surface area contributed by atoms with Crippen molar-refractivity contribution in [3.05, 3.63) is 23.4 Å². The van der Waals surface area contributed by atoms with Crippen LogP contribution in [0.4, 0.5) is 19.0 Å². The van der Waals surface area contributed by atoms with Crippen molar-refractivity contribution in [3.63, 3.8) is 0 Å². The fourth-order valence-corrected chi connectivity index (χ4v) is 1.52. The van der Waals surface area contributed by atoms with Gasteiger partial charge in [0, 0.05) is 20.1 Å². The predicted octanol–water partition coefficient (Wildman–Crippen LogP) is 1.80. The molecule has 0 atom stereocenters. The van der Waals surface area contributed by atoms with E-state index in [0.29, 0.717) is 19.2 Å². The first-order valence-electron chi connectivity index (χ1n) is 5.80. The number of nitrogens with zero attached hydrogens (tertiary/aromatic N) is 3. The number of carboxylic acids is 1. The lowest BCUT2D eigenvalue weighted by Crippen LogP contribution is -2.30. The molecule has 0 aliphatic rings. The SMILES string of the molecule is CN(C)CCN(C)c1nc(C(F)(F)F)ccc1C(=O)O. The standard InChI is InChI=1S/C12H16F3N3O2/c1-17(2)6-7-18(3)10-8(11(19)20)4-5-9(16-10)12(13,14)15/h4-5H,6-7H2,1-3H3,(H,19,20). The van der Waals surface area contributed by atoms with Crippen molar-refractivity contribution in [1.29, 1.82) is 0 Å². The van der Waals surface area contributed by atoms with Gasteiger partial charge in [-0.15, -0.1) is 0 Å². The maximum absolute atomic E-state index is 12.6. The highest BCUT2D eigenvalue weighted by Crippen LogP contribution is 2.30. The van der Waals surface area contributed by atoms with Gasteiger partial charge in [0.2, 0.25) is 0 Å². The van der Waals surface area contributed by atoms with E-state index in [0.717, 1.165) is 6.07 Å². The number of hydrogen-bond acceptors (Lipinski definition) is 4. The molecular formula is C12H16F3N3O2. The first-order valence-corrected chi connectivity index (χ1v) is 5.80. The van der Waals surface area contributed by atoms with E-state index in [9.17, 15) is 18.0 Å². The molecule has 0 saturated carbocycles. The Hall–Kier alpha value is -1.83. The zero-order valence-corrected chi connectivity index (χ0v) is 11.4. The molecule has 0 spiro atoms. The summed E-state index contributed by atoms with van der Waals surface area (Å²) in [4.78, 5) is 17.8. The molecule has 1 aromatic rings. The maximum atomic E-state index is 12.6. The van der Waals surface area contributed by atoms with Gasteiger partial charge in [-0.05, 0) is 26.2 Å². The highest BCUT2D eigenvalue weighted by atomic mass is 19.4. The summed E-state index contributed by atoms with van der Waals surface area (Å²) in [7, 11) is 5.13. The summed E-state index contributed by atoms with van der Waals surface area (Å²) in [5, 5.41) is 9.03. The smallest absolute Gasteiger partial charge is 0.433 e. The van der Waals surface area contributed by atoms with Gasteiger partial charge in [-0.2, -0.15) is 13.2 Å². The molecule has 0 aliphatic heterocycles. The van der Waals surface area contributed by atoms with Crippen LogP contribution < -0.4 is 4.90 Å². The molecule has 0 aliphatic carbocycles. The van der Waals surface area contributed by atoms with E-state index >= 15 is 0 Å². The number of aromatic carboxylic acids is 1. The van der Waals surface area contributed by atoms with Crippen molar-refractivity contribution < 1.29 is 23.1 Å². The van der Waals surface area contributed by atoms with Gasteiger partial charge in [-0.25, -0.2) is 9.78 Å². The second-order valence-corrected chi connectivity index (χ2v) is 4.60. The van der Waals surface area contributed by atoms with Crippen LogP contribution in [0.2, 0.25) is 0 Å². The number of carboxylic acid groups (broad SMARTS) is 1. The Labute approximate surface area is 114 Å². The zero-order chi connectivity index (χ0) is 15.5. The Bertz CT molecular complexity index is 489. The minimum atomic E-state index is -4.60. The monoisotopic (exact) mass is 291 g/mol. The van der Waals surface area contributed by atoms with Crippen LogP contribution in [0, 0.1) is 0 Å². The normalized spacial score (nSPS) is 11.8. The molecule has 0 unspecified atom stereocenters. The lowest BCUT2D eigenvalue weighted by Gasteiger charge is -2.22. The van der Waals surface area contributed by atoms with E-state index in [1.807, 2.05) is 19.0 Å². The number of aromatic nitrogens is 1. The average Bonchev–Trinajstić information content (AvgIpc) is 2.33. The van der Waals surface area contributed by atoms with Gasteiger partial charge in [0.25, 0.3) is 0 Å². The minimum Gasteiger partial charge on any atom is -0.478 e. The summed E-state index contributed by atoms with van der Waals surface area (Å²) in [5.74, 6) is -1.49. The number of anilines is 1. The highest BCUT2D eigenvalue weighted by molar-refractivity contribution is 5.93. The van der Waals surface area contributed by atoms with Crippen LogP contribution in [-0.4, -0.2) is 55.2 Å². The Balaban J connectivity index is 3.15. The first-order chi connectivity index (χ1) is 9.12. The molecule has 8 heteroatoms. The van der Waals surface area contributed by atoms with E-state index in [4.69, 9.17) is 5.11 Å². The number of alkyl halides is 3. The molecule has 1 heterocycles. The predicted molar refractivity (Wildman–Crippen MR) is 68.0 cm³/mol. The molecule has 1 rings (SSSR count). The third-order valence-corrected chi connectivity index (χ3v) is 2.64. The van der Waals surface area contributed by atoms with Crippen LogP contribution in [0.3, 0.4) is 0 Å². The third-order valence-electron chi connectivity index (χ3n) is 2.64. The molecule has 0 radical (unpaired) electrons. The zero-order valence-electron chi connectivity index (χ0n) is 11.4. The number of rotatable bonds is 5. The molecule has 0 aromatic carbocycles. The van der Waals surface area contributed by atoms with Gasteiger partial charge in [0.05, 0.1) is 0 Å². The first kappa shape index (κ1) is 16.2. The summed E-state index contributed by atoms with van der Waals surface area (Å²) in [6.45, 7) is 0.926. The van der Waals surface area contributed by atoms with Crippen LogP contribution >= 0.6 is 0 Å². The van der Waals surface area contributed by atoms with E-state index < -0.39 is 17.8 Å². The number of hydrogen-bond donors (Lipinski definition) is 1. The topological polar surface area (TPSA) is 56.7 Å². The van der Waals surface area contributed by atoms with Gasteiger partial charge in [-0.3, -0.25) is 0 Å². The van der Waals surface area contributed by atoms with Gasteiger partial charge >= 0.3 is 12.1 Å². The summed E-state index contributed by atoms with van der Waals surface area (Å²) in [6, 6.07) is 1.60. The van der Waals surface area contributed by atoms with Crippen molar-refractivity contribution >= 4 is 11.8 Å². The van der Waals surface area contributed by atoms with Crippen LogP contribution in [0.5, 0.6) is 0 Å². The molecule has 0 amide bonds. The molecule has 5 nitrogen and oxygen atoms in total. The van der Waals surface area contributed by atoms with E-state index in [1.54, 1.807) is 0 Å². The maximum Gasteiger partial charge on any atom is 0.433 e. The highest BCUT2D eigenvalue weighted by Gasteiger charge is 2.34. The molecule has 0 saturated heterocycles. The minimum absolute atomic E-state index is 0.186. The van der Waals surface area contributed by atoms with E-state index in [-0.39, 0.29) is 11.4 Å². The number of halogens is 3. The van der Waals surface area contributed by atoms with Crippen molar-refractivity contribution in [1.82, 2.24) is 9.88 Å². The summed E-state index contributed by atoms with van der Waals surface area (Å²) >= 11 is 0. The van der Waals surface area contributed by atoms with Crippen molar-refractivity contribution in [2.24, 2.45) is 0 Å². The Morgan fingerprint density at radius 1 is 1.25 bits per heavy atom. The second kappa shape index (κ2) is 6.08. The molecule has 20 heavy (non-hydrogen) atoms. The van der Waals surface area contributed by atoms with Crippen LogP contribution in [0.15, 0.2) is 12.1 Å². The molecular weight excluding hydrogens is 275 g/mol. The largest absolute Gasteiger partial charge is 0.478 e. The molecule has 1 aromatic heterocycles. The lowest BCUT2D eigenvalue weighted by molar-refractivity contribution is -0.141. The third kappa shape index (κ3) is 4.09. The Morgan fingerprint density at radius 2 is 1.85 bits per heavy atom. The molecule has 0 fully saturated rings. The van der Waals surface area contributed by atoms with E-state index in [1.165, 1.54) is 11.9 Å².